The van der Waals surface area contributed by atoms with Crippen molar-refractivity contribution in [2.75, 3.05) is 26.6 Å². The van der Waals surface area contributed by atoms with E-state index in [1.165, 1.54) is 7.11 Å². The quantitative estimate of drug-likeness (QED) is 0.678. The summed E-state index contributed by atoms with van der Waals surface area (Å²) in [5.74, 6) is 1.98. The highest BCUT2D eigenvalue weighted by atomic mass is 16.5. The van der Waals surface area contributed by atoms with Gasteiger partial charge in [-0.15, -0.1) is 0 Å². The van der Waals surface area contributed by atoms with Crippen LogP contribution in [-0.4, -0.2) is 31.3 Å². The largest absolute Gasteiger partial charge is 0.497 e. The second-order valence-corrected chi connectivity index (χ2v) is 5.67. The first-order chi connectivity index (χ1) is 13.6. The van der Waals surface area contributed by atoms with Crippen LogP contribution in [0.25, 0.3) is 11.3 Å². The third kappa shape index (κ3) is 3.73. The summed E-state index contributed by atoms with van der Waals surface area (Å²) in [6, 6.07) is 14.0. The zero-order valence-electron chi connectivity index (χ0n) is 15.6. The van der Waals surface area contributed by atoms with Crippen LogP contribution < -0.4 is 25.1 Å². The summed E-state index contributed by atoms with van der Waals surface area (Å²) in [5.41, 5.74) is 0.852. The van der Waals surface area contributed by atoms with Gasteiger partial charge in [-0.05, 0) is 36.4 Å². The van der Waals surface area contributed by atoms with Crippen molar-refractivity contribution in [3.05, 3.63) is 58.4 Å². The number of benzene rings is 2. The van der Waals surface area contributed by atoms with Crippen LogP contribution in [0.15, 0.2) is 47.3 Å². The number of ether oxygens (including phenoxy) is 3. The highest BCUT2D eigenvalue weighted by molar-refractivity contribution is 5.70. The SMILES string of the molecule is COc1ccc(-c2nc(Nc3ccc(OC)cc3OC)[nH]c(=O)c2C#N)cc1. The Bertz CT molecular complexity index is 1080. The van der Waals surface area contributed by atoms with Crippen molar-refractivity contribution < 1.29 is 14.2 Å². The Balaban J connectivity index is 2.05. The van der Waals surface area contributed by atoms with Crippen molar-refractivity contribution in [3.8, 4) is 34.6 Å². The molecule has 0 aliphatic heterocycles. The van der Waals surface area contributed by atoms with Crippen LogP contribution in [0, 0.1) is 11.3 Å². The molecule has 2 N–H and O–H groups in total. The number of anilines is 2. The summed E-state index contributed by atoms with van der Waals surface area (Å²) < 4.78 is 15.7. The summed E-state index contributed by atoms with van der Waals surface area (Å²) in [4.78, 5) is 19.4. The van der Waals surface area contributed by atoms with Crippen LogP contribution in [0.4, 0.5) is 11.6 Å². The van der Waals surface area contributed by atoms with E-state index in [1.54, 1.807) is 56.7 Å². The molecule has 3 rings (SSSR count). The lowest BCUT2D eigenvalue weighted by Crippen LogP contribution is -2.16. The molecule has 0 atom stereocenters. The highest BCUT2D eigenvalue weighted by Gasteiger charge is 2.15. The van der Waals surface area contributed by atoms with E-state index in [-0.39, 0.29) is 17.2 Å². The van der Waals surface area contributed by atoms with E-state index in [1.807, 2.05) is 6.07 Å². The number of nitrogens with zero attached hydrogens (tertiary/aromatic N) is 2. The maximum atomic E-state index is 12.4. The van der Waals surface area contributed by atoms with Crippen molar-refractivity contribution in [2.24, 2.45) is 0 Å². The van der Waals surface area contributed by atoms with Crippen LogP contribution >= 0.6 is 0 Å². The first-order valence-electron chi connectivity index (χ1n) is 8.27. The number of hydrogen-bond acceptors (Lipinski definition) is 7. The van der Waals surface area contributed by atoms with E-state index in [2.05, 4.69) is 15.3 Å². The normalized spacial score (nSPS) is 10.1. The number of aromatic amines is 1. The van der Waals surface area contributed by atoms with Gasteiger partial charge in [0.25, 0.3) is 5.56 Å². The molecular formula is C20H18N4O4. The van der Waals surface area contributed by atoms with Crippen LogP contribution in [0.5, 0.6) is 17.2 Å². The summed E-state index contributed by atoms with van der Waals surface area (Å²) in [6.07, 6.45) is 0. The lowest BCUT2D eigenvalue weighted by Gasteiger charge is -2.13. The average Bonchev–Trinajstić information content (AvgIpc) is 2.73. The number of hydrogen-bond donors (Lipinski definition) is 2. The third-order valence-electron chi connectivity index (χ3n) is 4.06. The van der Waals surface area contributed by atoms with E-state index < -0.39 is 5.56 Å². The Hall–Kier alpha value is -3.99. The average molecular weight is 378 g/mol. The molecular weight excluding hydrogens is 360 g/mol. The van der Waals surface area contributed by atoms with Crippen LogP contribution in [0.3, 0.4) is 0 Å². The fraction of sp³-hybridized carbons (Fsp3) is 0.150. The minimum Gasteiger partial charge on any atom is -0.497 e. The van der Waals surface area contributed by atoms with Gasteiger partial charge in [0.1, 0.15) is 28.9 Å². The molecule has 0 saturated heterocycles. The molecule has 0 amide bonds. The van der Waals surface area contributed by atoms with Gasteiger partial charge in [0, 0.05) is 11.6 Å². The Morgan fingerprint density at radius 2 is 1.68 bits per heavy atom. The Morgan fingerprint density at radius 3 is 2.29 bits per heavy atom. The van der Waals surface area contributed by atoms with Crippen molar-refractivity contribution in [2.45, 2.75) is 0 Å². The highest BCUT2D eigenvalue weighted by Crippen LogP contribution is 2.31. The summed E-state index contributed by atoms with van der Waals surface area (Å²) in [7, 11) is 4.64. The molecule has 0 fully saturated rings. The van der Waals surface area contributed by atoms with Crippen molar-refractivity contribution in [1.29, 1.82) is 5.26 Å². The number of aromatic nitrogens is 2. The molecule has 0 aliphatic carbocycles. The Kier molecular flexibility index (Phi) is 5.46. The number of nitrogens with one attached hydrogen (secondary N) is 2. The van der Waals surface area contributed by atoms with Gasteiger partial charge in [0.15, 0.2) is 0 Å². The smallest absolute Gasteiger partial charge is 0.270 e. The topological polar surface area (TPSA) is 109 Å². The Morgan fingerprint density at radius 1 is 1.00 bits per heavy atom. The maximum absolute atomic E-state index is 12.4. The summed E-state index contributed by atoms with van der Waals surface area (Å²) in [6.45, 7) is 0. The summed E-state index contributed by atoms with van der Waals surface area (Å²) in [5, 5.41) is 12.4. The number of methoxy groups -OCH3 is 3. The van der Waals surface area contributed by atoms with Gasteiger partial charge in [0.2, 0.25) is 5.95 Å². The molecule has 8 nitrogen and oxygen atoms in total. The zero-order chi connectivity index (χ0) is 20.1. The molecule has 0 bridgehead atoms. The molecule has 0 aliphatic rings. The van der Waals surface area contributed by atoms with Gasteiger partial charge in [0.05, 0.1) is 32.7 Å². The molecule has 2 aromatic carbocycles. The number of rotatable bonds is 6. The fourth-order valence-corrected chi connectivity index (χ4v) is 2.62. The van der Waals surface area contributed by atoms with E-state index in [4.69, 9.17) is 14.2 Å². The standard InChI is InChI=1S/C20H18N4O4/c1-26-13-6-4-12(5-7-13)18-15(11-21)19(25)24-20(23-18)22-16-9-8-14(27-2)10-17(16)28-3/h4-10H,1-3H3,(H2,22,23,24,25). The van der Waals surface area contributed by atoms with Crippen molar-refractivity contribution in [3.63, 3.8) is 0 Å². The van der Waals surface area contributed by atoms with Crippen molar-refractivity contribution in [1.82, 2.24) is 9.97 Å². The molecule has 0 unspecified atom stereocenters. The molecule has 1 heterocycles. The van der Waals surface area contributed by atoms with Crippen LogP contribution in [0.2, 0.25) is 0 Å². The molecule has 0 saturated carbocycles. The van der Waals surface area contributed by atoms with E-state index in [0.717, 1.165) is 0 Å². The van der Waals surface area contributed by atoms with E-state index >= 15 is 0 Å². The monoisotopic (exact) mass is 378 g/mol. The summed E-state index contributed by atoms with van der Waals surface area (Å²) >= 11 is 0. The molecule has 142 valence electrons. The van der Waals surface area contributed by atoms with Gasteiger partial charge < -0.3 is 19.5 Å². The molecule has 0 radical (unpaired) electrons. The molecule has 28 heavy (non-hydrogen) atoms. The lowest BCUT2D eigenvalue weighted by molar-refractivity contribution is 0.395. The predicted molar refractivity (Wildman–Crippen MR) is 104 cm³/mol. The van der Waals surface area contributed by atoms with Crippen LogP contribution in [0.1, 0.15) is 5.56 Å². The third-order valence-corrected chi connectivity index (χ3v) is 4.06. The van der Waals surface area contributed by atoms with Crippen molar-refractivity contribution >= 4 is 11.6 Å². The van der Waals surface area contributed by atoms with Gasteiger partial charge in [-0.3, -0.25) is 9.78 Å². The van der Waals surface area contributed by atoms with Crippen LogP contribution in [-0.2, 0) is 0 Å². The fourth-order valence-electron chi connectivity index (χ4n) is 2.62. The Labute approximate surface area is 161 Å². The predicted octanol–water partition coefficient (Wildman–Crippen LogP) is 3.08. The number of nitriles is 1. The van der Waals surface area contributed by atoms with Gasteiger partial charge >= 0.3 is 0 Å². The molecule has 1 aromatic heterocycles. The lowest BCUT2D eigenvalue weighted by atomic mass is 10.1. The van der Waals surface area contributed by atoms with E-state index in [0.29, 0.717) is 28.5 Å². The minimum atomic E-state index is -0.543. The van der Waals surface area contributed by atoms with Gasteiger partial charge in [-0.1, -0.05) is 0 Å². The number of H-pyrrole nitrogens is 1. The van der Waals surface area contributed by atoms with Gasteiger partial charge in [-0.2, -0.15) is 5.26 Å². The maximum Gasteiger partial charge on any atom is 0.270 e. The zero-order valence-corrected chi connectivity index (χ0v) is 15.6. The van der Waals surface area contributed by atoms with Gasteiger partial charge in [-0.25, -0.2) is 4.98 Å². The van der Waals surface area contributed by atoms with E-state index in [9.17, 15) is 10.1 Å². The first-order valence-corrected chi connectivity index (χ1v) is 8.27. The molecule has 0 spiro atoms. The minimum absolute atomic E-state index is 0.0718. The first kappa shape index (κ1) is 18.8. The molecule has 8 heteroatoms. The molecule has 3 aromatic rings. The second-order valence-electron chi connectivity index (χ2n) is 5.67. The second kappa shape index (κ2) is 8.14.